The number of aromatic nitrogens is 5. The number of hydrogen-bond acceptors (Lipinski definition) is 7. The number of fused-ring (bicyclic) bond motifs is 1. The topological polar surface area (TPSA) is 94.5 Å². The maximum atomic E-state index is 5.87. The van der Waals surface area contributed by atoms with Crippen LogP contribution in [0.3, 0.4) is 0 Å². The van der Waals surface area contributed by atoms with Crippen LogP contribution in [0.4, 0.5) is 5.82 Å². The van der Waals surface area contributed by atoms with Gasteiger partial charge in [0, 0.05) is 19.1 Å². The molecule has 0 bridgehead atoms. The normalized spacial score (nSPS) is 22.3. The standard InChI is InChI=1S/C10H15N7O/c1-7(11)8-6-16(4-5-18-8)10-3-2-9-12-14-15-17(9)13-10/h2-3,7-8H,4-6,11H2,1H3. The Morgan fingerprint density at radius 2 is 2.39 bits per heavy atom. The molecule has 0 amide bonds. The minimum atomic E-state index is 0.00423. The minimum absolute atomic E-state index is 0.00423. The van der Waals surface area contributed by atoms with Crippen LogP contribution < -0.4 is 10.6 Å². The van der Waals surface area contributed by atoms with Crippen molar-refractivity contribution in [2.45, 2.75) is 19.1 Å². The molecule has 0 aliphatic carbocycles. The van der Waals surface area contributed by atoms with Crippen molar-refractivity contribution >= 4 is 11.5 Å². The Morgan fingerprint density at radius 3 is 3.22 bits per heavy atom. The van der Waals surface area contributed by atoms with Gasteiger partial charge in [-0.15, -0.1) is 14.8 Å². The van der Waals surface area contributed by atoms with Crippen LogP contribution in [0.15, 0.2) is 12.1 Å². The molecule has 0 saturated carbocycles. The second-order valence-electron chi connectivity index (χ2n) is 4.43. The van der Waals surface area contributed by atoms with Gasteiger partial charge in [-0.3, -0.25) is 0 Å². The van der Waals surface area contributed by atoms with E-state index < -0.39 is 0 Å². The van der Waals surface area contributed by atoms with Gasteiger partial charge in [-0.1, -0.05) is 0 Å². The number of rotatable bonds is 2. The summed E-state index contributed by atoms with van der Waals surface area (Å²) in [5, 5.41) is 15.5. The second-order valence-corrected chi connectivity index (χ2v) is 4.43. The molecule has 96 valence electrons. The van der Waals surface area contributed by atoms with Gasteiger partial charge in [0.05, 0.1) is 12.7 Å². The zero-order valence-electron chi connectivity index (χ0n) is 10.1. The van der Waals surface area contributed by atoms with Gasteiger partial charge in [0.2, 0.25) is 0 Å². The fourth-order valence-electron chi connectivity index (χ4n) is 2.01. The smallest absolute Gasteiger partial charge is 0.200 e. The van der Waals surface area contributed by atoms with E-state index in [1.807, 2.05) is 19.1 Å². The van der Waals surface area contributed by atoms with Crippen molar-refractivity contribution in [3.63, 3.8) is 0 Å². The first kappa shape index (κ1) is 11.3. The molecule has 0 spiro atoms. The summed E-state index contributed by atoms with van der Waals surface area (Å²) in [7, 11) is 0. The zero-order chi connectivity index (χ0) is 12.5. The minimum Gasteiger partial charge on any atom is -0.373 e. The van der Waals surface area contributed by atoms with E-state index >= 15 is 0 Å². The Morgan fingerprint density at radius 1 is 1.50 bits per heavy atom. The van der Waals surface area contributed by atoms with Gasteiger partial charge in [-0.05, 0) is 29.5 Å². The molecule has 2 N–H and O–H groups in total. The molecule has 1 saturated heterocycles. The lowest BCUT2D eigenvalue weighted by atomic mass is 10.1. The van der Waals surface area contributed by atoms with Crippen molar-refractivity contribution in [2.24, 2.45) is 5.73 Å². The predicted octanol–water partition coefficient (Wildman–Crippen LogP) is -0.928. The van der Waals surface area contributed by atoms with E-state index in [2.05, 4.69) is 25.5 Å². The Bertz CT molecular complexity index is 540. The van der Waals surface area contributed by atoms with Crippen molar-refractivity contribution < 1.29 is 4.74 Å². The van der Waals surface area contributed by atoms with Crippen LogP contribution in [0, 0.1) is 0 Å². The lowest BCUT2D eigenvalue weighted by molar-refractivity contribution is 0.0273. The summed E-state index contributed by atoms with van der Waals surface area (Å²) < 4.78 is 7.04. The largest absolute Gasteiger partial charge is 0.373 e. The molecular formula is C10H15N7O. The zero-order valence-corrected chi connectivity index (χ0v) is 10.1. The molecule has 1 aliphatic rings. The number of hydrogen-bond donors (Lipinski definition) is 1. The summed E-state index contributed by atoms with van der Waals surface area (Å²) in [6, 6.07) is 3.76. The van der Waals surface area contributed by atoms with Gasteiger partial charge in [0.1, 0.15) is 0 Å². The molecule has 0 aromatic carbocycles. The number of nitrogens with zero attached hydrogens (tertiary/aromatic N) is 6. The van der Waals surface area contributed by atoms with Gasteiger partial charge in [0.15, 0.2) is 11.5 Å². The van der Waals surface area contributed by atoms with Gasteiger partial charge >= 0.3 is 0 Å². The van der Waals surface area contributed by atoms with Crippen LogP contribution in [-0.2, 0) is 4.74 Å². The summed E-state index contributed by atoms with van der Waals surface area (Å²) in [5.41, 5.74) is 6.51. The highest BCUT2D eigenvalue weighted by atomic mass is 16.5. The highest BCUT2D eigenvalue weighted by molar-refractivity contribution is 5.44. The van der Waals surface area contributed by atoms with Crippen LogP contribution in [0.25, 0.3) is 5.65 Å². The average Bonchev–Trinajstić information content (AvgIpc) is 2.86. The number of ether oxygens (including phenoxy) is 1. The summed E-state index contributed by atoms with van der Waals surface area (Å²) in [6.45, 7) is 4.13. The molecule has 2 atom stereocenters. The monoisotopic (exact) mass is 249 g/mol. The number of morpholine rings is 1. The molecular weight excluding hydrogens is 234 g/mol. The molecule has 8 heteroatoms. The molecule has 2 unspecified atom stereocenters. The van der Waals surface area contributed by atoms with E-state index in [4.69, 9.17) is 10.5 Å². The fraction of sp³-hybridized carbons (Fsp3) is 0.600. The highest BCUT2D eigenvalue weighted by Crippen LogP contribution is 2.16. The molecule has 3 heterocycles. The van der Waals surface area contributed by atoms with Gasteiger partial charge in [-0.25, -0.2) is 0 Å². The fourth-order valence-corrected chi connectivity index (χ4v) is 2.01. The van der Waals surface area contributed by atoms with Crippen molar-refractivity contribution in [1.82, 2.24) is 25.3 Å². The Labute approximate surface area is 104 Å². The quantitative estimate of drug-likeness (QED) is 0.734. The molecule has 18 heavy (non-hydrogen) atoms. The molecule has 2 aromatic heterocycles. The Balaban J connectivity index is 1.84. The molecule has 0 radical (unpaired) electrons. The van der Waals surface area contributed by atoms with Crippen LogP contribution in [0.2, 0.25) is 0 Å². The van der Waals surface area contributed by atoms with Gasteiger partial charge < -0.3 is 15.4 Å². The van der Waals surface area contributed by atoms with Crippen molar-refractivity contribution in [3.8, 4) is 0 Å². The predicted molar refractivity (Wildman–Crippen MR) is 64.2 cm³/mol. The number of nitrogens with two attached hydrogens (primary N) is 1. The molecule has 1 fully saturated rings. The number of anilines is 1. The summed E-state index contributed by atoms with van der Waals surface area (Å²) in [6.07, 6.45) is 0.0325. The number of tetrazole rings is 1. The first-order valence-electron chi connectivity index (χ1n) is 5.91. The Hall–Kier alpha value is -1.80. The van der Waals surface area contributed by atoms with Crippen LogP contribution in [0.1, 0.15) is 6.92 Å². The first-order chi connectivity index (χ1) is 8.74. The SMILES string of the molecule is CC(N)C1CN(c2ccc3nnnn3n2)CCO1. The van der Waals surface area contributed by atoms with Crippen molar-refractivity contribution in [3.05, 3.63) is 12.1 Å². The molecule has 8 nitrogen and oxygen atoms in total. The maximum Gasteiger partial charge on any atom is 0.200 e. The van der Waals surface area contributed by atoms with Crippen LogP contribution in [-0.4, -0.2) is 57.1 Å². The summed E-state index contributed by atoms with van der Waals surface area (Å²) in [4.78, 5) is 2.14. The van der Waals surface area contributed by atoms with Gasteiger partial charge in [0.25, 0.3) is 0 Å². The van der Waals surface area contributed by atoms with Crippen LogP contribution in [0.5, 0.6) is 0 Å². The molecule has 2 aromatic rings. The molecule has 1 aliphatic heterocycles. The maximum absolute atomic E-state index is 5.87. The third kappa shape index (κ3) is 2.00. The third-order valence-corrected chi connectivity index (χ3v) is 3.06. The van der Waals surface area contributed by atoms with Crippen molar-refractivity contribution in [2.75, 3.05) is 24.6 Å². The van der Waals surface area contributed by atoms with E-state index in [1.165, 1.54) is 4.63 Å². The van der Waals surface area contributed by atoms with E-state index in [1.54, 1.807) is 0 Å². The van der Waals surface area contributed by atoms with Gasteiger partial charge in [-0.2, -0.15) is 0 Å². The van der Waals surface area contributed by atoms with E-state index in [0.29, 0.717) is 12.3 Å². The van der Waals surface area contributed by atoms with E-state index in [-0.39, 0.29) is 12.1 Å². The lowest BCUT2D eigenvalue weighted by Crippen LogP contribution is -2.50. The first-order valence-corrected chi connectivity index (χ1v) is 5.91. The second kappa shape index (κ2) is 4.46. The highest BCUT2D eigenvalue weighted by Gasteiger charge is 2.24. The van der Waals surface area contributed by atoms with E-state index in [0.717, 1.165) is 18.9 Å². The lowest BCUT2D eigenvalue weighted by Gasteiger charge is -2.35. The van der Waals surface area contributed by atoms with Crippen LogP contribution >= 0.6 is 0 Å². The summed E-state index contributed by atoms with van der Waals surface area (Å²) >= 11 is 0. The Kier molecular flexibility index (Phi) is 2.80. The average molecular weight is 249 g/mol. The molecule has 3 rings (SSSR count). The van der Waals surface area contributed by atoms with E-state index in [9.17, 15) is 0 Å². The van der Waals surface area contributed by atoms with Crippen molar-refractivity contribution in [1.29, 1.82) is 0 Å². The third-order valence-electron chi connectivity index (χ3n) is 3.06. The summed E-state index contributed by atoms with van der Waals surface area (Å²) in [5.74, 6) is 0.837.